The Hall–Kier alpha value is -1.56. The number of halogens is 1. The molecule has 0 fully saturated rings. The molecule has 0 spiro atoms. The number of pyridine rings is 1. The lowest BCUT2D eigenvalue weighted by atomic mass is 10.2. The van der Waals surface area contributed by atoms with Crippen LogP contribution in [0, 0.1) is 0 Å². The third-order valence-electron chi connectivity index (χ3n) is 1.80. The second kappa shape index (κ2) is 4.31. The van der Waals surface area contributed by atoms with Gasteiger partial charge in [-0.3, -0.25) is 9.78 Å². The van der Waals surface area contributed by atoms with Crippen molar-refractivity contribution in [2.45, 2.75) is 4.95 Å². The number of ketones is 1. The van der Waals surface area contributed by atoms with Crippen LogP contribution in [0.3, 0.4) is 0 Å². The van der Waals surface area contributed by atoms with Gasteiger partial charge in [0.25, 0.3) is 0 Å². The highest BCUT2D eigenvalue weighted by Gasteiger charge is 2.19. The van der Waals surface area contributed by atoms with Crippen LogP contribution in [-0.4, -0.2) is 25.5 Å². The summed E-state index contributed by atoms with van der Waals surface area (Å²) in [6.07, 6.45) is 4.43. The maximum absolute atomic E-state index is 11.8. The summed E-state index contributed by atoms with van der Waals surface area (Å²) >= 11 is 3.24. The molecule has 0 saturated heterocycles. The first-order valence-electron chi connectivity index (χ1n) is 4.22. The quantitative estimate of drug-likeness (QED) is 0.623. The summed E-state index contributed by atoms with van der Waals surface area (Å²) in [5.74, 6) is -0.152. The number of alkyl halides is 1. The number of carbonyl (C=O) groups excluding carboxylic acids is 1. The van der Waals surface area contributed by atoms with Crippen LogP contribution in [0.1, 0.15) is 15.4 Å². The van der Waals surface area contributed by atoms with Crippen molar-refractivity contribution >= 4 is 21.7 Å². The molecule has 5 nitrogen and oxygen atoms in total. The van der Waals surface area contributed by atoms with Crippen LogP contribution < -0.4 is 0 Å². The Morgan fingerprint density at radius 3 is 2.93 bits per heavy atom. The highest BCUT2D eigenvalue weighted by Crippen LogP contribution is 2.17. The predicted molar refractivity (Wildman–Crippen MR) is 56.6 cm³/mol. The Labute approximate surface area is 94.3 Å². The van der Waals surface area contributed by atoms with Crippen molar-refractivity contribution in [2.24, 2.45) is 0 Å². The molecule has 2 rings (SSSR count). The van der Waals surface area contributed by atoms with E-state index in [9.17, 15) is 4.79 Å². The van der Waals surface area contributed by atoms with E-state index in [1.807, 2.05) is 0 Å². The minimum atomic E-state index is -0.560. The molecular weight excluding hydrogens is 260 g/mol. The van der Waals surface area contributed by atoms with Gasteiger partial charge >= 0.3 is 0 Å². The summed E-state index contributed by atoms with van der Waals surface area (Å²) in [6.45, 7) is 0. The van der Waals surface area contributed by atoms with Gasteiger partial charge in [-0.2, -0.15) is 5.10 Å². The number of hydrogen-bond acceptors (Lipinski definition) is 4. The van der Waals surface area contributed by atoms with E-state index < -0.39 is 4.95 Å². The first-order chi connectivity index (χ1) is 7.29. The Morgan fingerprint density at radius 2 is 2.33 bits per heavy atom. The number of nitrogens with zero attached hydrogens (tertiary/aromatic N) is 4. The molecule has 0 radical (unpaired) electrons. The highest BCUT2D eigenvalue weighted by molar-refractivity contribution is 9.09. The fourth-order valence-electron chi connectivity index (χ4n) is 1.09. The van der Waals surface area contributed by atoms with Crippen LogP contribution in [0.4, 0.5) is 0 Å². The van der Waals surface area contributed by atoms with Crippen LogP contribution in [0.5, 0.6) is 0 Å². The van der Waals surface area contributed by atoms with E-state index in [0.29, 0.717) is 5.69 Å². The molecular formula is C9H7BrN4O. The lowest BCUT2D eigenvalue weighted by Crippen LogP contribution is -2.15. The molecule has 2 aromatic heterocycles. The average molecular weight is 267 g/mol. The maximum atomic E-state index is 11.8. The van der Waals surface area contributed by atoms with Gasteiger partial charge in [-0.1, -0.05) is 22.0 Å². The van der Waals surface area contributed by atoms with Crippen molar-refractivity contribution in [1.82, 2.24) is 19.7 Å². The maximum Gasteiger partial charge on any atom is 0.216 e. The van der Waals surface area contributed by atoms with Gasteiger partial charge in [0.2, 0.25) is 5.78 Å². The third kappa shape index (κ3) is 2.10. The molecule has 2 aromatic rings. The van der Waals surface area contributed by atoms with E-state index in [0.717, 1.165) is 0 Å². The van der Waals surface area contributed by atoms with Crippen molar-refractivity contribution in [3.63, 3.8) is 0 Å². The van der Waals surface area contributed by atoms with Crippen LogP contribution in [-0.2, 0) is 0 Å². The van der Waals surface area contributed by atoms with Gasteiger partial charge < -0.3 is 0 Å². The number of Topliss-reactive ketones (excluding diaryl/α,β-unsaturated/α-hetero) is 1. The molecule has 6 heteroatoms. The van der Waals surface area contributed by atoms with Gasteiger partial charge in [0.05, 0.1) is 0 Å². The molecule has 15 heavy (non-hydrogen) atoms. The summed E-state index contributed by atoms with van der Waals surface area (Å²) in [6, 6.07) is 5.18. The monoisotopic (exact) mass is 266 g/mol. The van der Waals surface area contributed by atoms with Crippen LogP contribution in [0.2, 0.25) is 0 Å². The number of rotatable bonds is 3. The van der Waals surface area contributed by atoms with Gasteiger partial charge in [-0.05, 0) is 12.1 Å². The second-order valence-corrected chi connectivity index (χ2v) is 3.66. The lowest BCUT2D eigenvalue weighted by molar-refractivity contribution is 0.0960. The lowest BCUT2D eigenvalue weighted by Gasteiger charge is -2.07. The molecule has 0 aliphatic rings. The van der Waals surface area contributed by atoms with Crippen LogP contribution >= 0.6 is 15.9 Å². The fraction of sp³-hybridized carbons (Fsp3) is 0.111. The fourth-order valence-corrected chi connectivity index (χ4v) is 1.53. The summed E-state index contributed by atoms with van der Waals surface area (Å²) in [4.78, 5) is 19.0. The zero-order chi connectivity index (χ0) is 10.7. The molecule has 0 aromatic carbocycles. The average Bonchev–Trinajstić information content (AvgIpc) is 2.82. The van der Waals surface area contributed by atoms with Crippen molar-refractivity contribution in [3.05, 3.63) is 42.7 Å². The van der Waals surface area contributed by atoms with Crippen molar-refractivity contribution in [3.8, 4) is 0 Å². The zero-order valence-electron chi connectivity index (χ0n) is 7.62. The molecule has 0 aliphatic carbocycles. The van der Waals surface area contributed by atoms with Gasteiger partial charge in [-0.15, -0.1) is 0 Å². The number of hydrogen-bond donors (Lipinski definition) is 0. The first kappa shape index (κ1) is 9.97. The standard InChI is InChI=1S/C9H7BrN4O/c10-9(14-6-11-5-13-14)8(15)7-3-1-2-4-12-7/h1-6,9H. The Kier molecular flexibility index (Phi) is 2.86. The molecule has 1 atom stereocenters. The first-order valence-corrected chi connectivity index (χ1v) is 5.14. The molecule has 0 aliphatic heterocycles. The molecule has 0 amide bonds. The van der Waals surface area contributed by atoms with E-state index in [2.05, 4.69) is 31.0 Å². The Bertz CT molecular complexity index is 442. The molecule has 1 unspecified atom stereocenters. The number of aromatic nitrogens is 4. The molecule has 76 valence electrons. The minimum absolute atomic E-state index is 0.152. The van der Waals surface area contributed by atoms with E-state index in [-0.39, 0.29) is 5.78 Å². The molecule has 2 heterocycles. The van der Waals surface area contributed by atoms with Gasteiger partial charge in [0, 0.05) is 6.20 Å². The minimum Gasteiger partial charge on any atom is -0.289 e. The summed E-state index contributed by atoms with van der Waals surface area (Å²) < 4.78 is 1.43. The van der Waals surface area contributed by atoms with Crippen LogP contribution in [0.15, 0.2) is 37.1 Å². The van der Waals surface area contributed by atoms with E-state index in [1.54, 1.807) is 24.4 Å². The normalized spacial score (nSPS) is 12.3. The van der Waals surface area contributed by atoms with Gasteiger partial charge in [0.15, 0.2) is 4.95 Å². The Morgan fingerprint density at radius 1 is 1.47 bits per heavy atom. The predicted octanol–water partition coefficient (Wildman–Crippen LogP) is 1.45. The van der Waals surface area contributed by atoms with E-state index >= 15 is 0 Å². The molecule has 0 bridgehead atoms. The zero-order valence-corrected chi connectivity index (χ0v) is 9.20. The van der Waals surface area contributed by atoms with E-state index in [1.165, 1.54) is 17.3 Å². The Balaban J connectivity index is 2.23. The summed E-state index contributed by atoms with van der Waals surface area (Å²) in [5.41, 5.74) is 0.398. The third-order valence-corrected chi connectivity index (χ3v) is 2.64. The van der Waals surface area contributed by atoms with E-state index in [4.69, 9.17) is 0 Å². The topological polar surface area (TPSA) is 60.7 Å². The second-order valence-electron chi connectivity index (χ2n) is 2.79. The SMILES string of the molecule is O=C(c1ccccn1)C(Br)n1cncn1. The van der Waals surface area contributed by atoms with Crippen molar-refractivity contribution in [2.75, 3.05) is 0 Å². The number of carbonyl (C=O) groups is 1. The van der Waals surface area contributed by atoms with Crippen molar-refractivity contribution < 1.29 is 4.79 Å². The van der Waals surface area contributed by atoms with Gasteiger partial charge in [0.1, 0.15) is 18.3 Å². The molecule has 0 N–H and O–H groups in total. The van der Waals surface area contributed by atoms with Gasteiger partial charge in [-0.25, -0.2) is 9.67 Å². The summed E-state index contributed by atoms with van der Waals surface area (Å²) in [5, 5.41) is 3.87. The summed E-state index contributed by atoms with van der Waals surface area (Å²) in [7, 11) is 0. The van der Waals surface area contributed by atoms with Crippen LogP contribution in [0.25, 0.3) is 0 Å². The highest BCUT2D eigenvalue weighted by atomic mass is 79.9. The largest absolute Gasteiger partial charge is 0.289 e. The smallest absolute Gasteiger partial charge is 0.216 e. The van der Waals surface area contributed by atoms with Crippen molar-refractivity contribution in [1.29, 1.82) is 0 Å². The molecule has 0 saturated carbocycles.